The lowest BCUT2D eigenvalue weighted by Crippen LogP contribution is -2.28. The quantitative estimate of drug-likeness (QED) is 0.692. The van der Waals surface area contributed by atoms with Crippen LogP contribution in [0.15, 0.2) is 52.1 Å². The van der Waals surface area contributed by atoms with E-state index < -0.39 is 11.1 Å². The number of hydrogen-bond acceptors (Lipinski definition) is 5. The van der Waals surface area contributed by atoms with Crippen LogP contribution in [0.5, 0.6) is 0 Å². The number of rotatable bonds is 3. The van der Waals surface area contributed by atoms with Gasteiger partial charge in [0, 0.05) is 11.6 Å². The summed E-state index contributed by atoms with van der Waals surface area (Å²) in [6, 6.07) is 11.2. The Labute approximate surface area is 117 Å². The summed E-state index contributed by atoms with van der Waals surface area (Å²) in [6.45, 7) is 0. The third kappa shape index (κ3) is 2.48. The van der Waals surface area contributed by atoms with E-state index in [1.807, 2.05) is 0 Å². The van der Waals surface area contributed by atoms with E-state index in [9.17, 15) is 14.4 Å². The van der Waals surface area contributed by atoms with E-state index in [1.165, 1.54) is 12.1 Å². The lowest BCUT2D eigenvalue weighted by molar-refractivity contribution is 0.0991. The average Bonchev–Trinajstić information content (AvgIpc) is 2.51. The molecule has 0 aliphatic heterocycles. The van der Waals surface area contributed by atoms with Gasteiger partial charge in [0.05, 0.1) is 6.42 Å². The largest absolute Gasteiger partial charge is 0.295 e. The van der Waals surface area contributed by atoms with Crippen LogP contribution in [-0.2, 0) is 6.42 Å². The lowest BCUT2D eigenvalue weighted by atomic mass is 10.1. The monoisotopic (exact) mass is 282 g/mol. The van der Waals surface area contributed by atoms with Gasteiger partial charge in [-0.2, -0.15) is 4.52 Å². The highest BCUT2D eigenvalue weighted by Gasteiger charge is 2.13. The SMILES string of the molecule is O=C(Cc1nnc2ccc(=O)[nH]n2c1=O)c1ccccc1. The van der Waals surface area contributed by atoms with Gasteiger partial charge in [0.1, 0.15) is 5.69 Å². The van der Waals surface area contributed by atoms with Crippen molar-refractivity contribution in [1.29, 1.82) is 0 Å². The summed E-state index contributed by atoms with van der Waals surface area (Å²) >= 11 is 0. The van der Waals surface area contributed by atoms with Gasteiger partial charge in [0.15, 0.2) is 11.4 Å². The van der Waals surface area contributed by atoms with E-state index in [0.29, 0.717) is 5.56 Å². The van der Waals surface area contributed by atoms with Gasteiger partial charge in [0.25, 0.3) is 11.1 Å². The first-order valence-electron chi connectivity index (χ1n) is 6.21. The molecule has 7 nitrogen and oxygen atoms in total. The third-order valence-corrected chi connectivity index (χ3v) is 2.98. The van der Waals surface area contributed by atoms with Gasteiger partial charge in [0.2, 0.25) is 0 Å². The molecule has 0 fully saturated rings. The van der Waals surface area contributed by atoms with Crippen molar-refractivity contribution >= 4 is 11.4 Å². The van der Waals surface area contributed by atoms with Crippen molar-refractivity contribution in [2.45, 2.75) is 6.42 Å². The van der Waals surface area contributed by atoms with Gasteiger partial charge in [-0.1, -0.05) is 30.3 Å². The number of nitrogens with zero attached hydrogens (tertiary/aromatic N) is 3. The molecule has 1 aromatic carbocycles. The van der Waals surface area contributed by atoms with Crippen molar-refractivity contribution in [3.63, 3.8) is 0 Å². The first-order valence-corrected chi connectivity index (χ1v) is 6.21. The second kappa shape index (κ2) is 5.12. The van der Waals surface area contributed by atoms with E-state index in [0.717, 1.165) is 4.52 Å². The molecule has 0 aliphatic rings. The molecule has 0 saturated heterocycles. The summed E-state index contributed by atoms with van der Waals surface area (Å²) in [5, 5.41) is 9.94. The number of Topliss-reactive ketones (excluding diaryl/α,β-unsaturated/α-hetero) is 1. The highest BCUT2D eigenvalue weighted by Crippen LogP contribution is 2.03. The zero-order valence-corrected chi connectivity index (χ0v) is 10.8. The number of benzene rings is 1. The Kier molecular flexibility index (Phi) is 3.15. The fourth-order valence-corrected chi connectivity index (χ4v) is 1.93. The summed E-state index contributed by atoms with van der Waals surface area (Å²) in [5.74, 6) is -0.236. The van der Waals surface area contributed by atoms with Crippen molar-refractivity contribution < 1.29 is 4.79 Å². The number of aromatic nitrogens is 4. The van der Waals surface area contributed by atoms with Crippen LogP contribution in [0.2, 0.25) is 0 Å². The zero-order valence-electron chi connectivity index (χ0n) is 10.8. The highest BCUT2D eigenvalue weighted by atomic mass is 16.2. The number of ketones is 1. The number of fused-ring (bicyclic) bond motifs is 1. The molecule has 0 radical (unpaired) electrons. The minimum atomic E-state index is -0.554. The Balaban J connectivity index is 2.02. The zero-order chi connectivity index (χ0) is 14.8. The molecule has 7 heteroatoms. The van der Waals surface area contributed by atoms with Crippen LogP contribution in [0.1, 0.15) is 16.1 Å². The predicted octanol–water partition coefficient (Wildman–Crippen LogP) is 0.203. The number of carbonyl (C=O) groups excluding carboxylic acids is 1. The molecule has 21 heavy (non-hydrogen) atoms. The van der Waals surface area contributed by atoms with Crippen molar-refractivity contribution in [3.05, 3.63) is 74.4 Å². The molecule has 0 unspecified atom stereocenters. The third-order valence-electron chi connectivity index (χ3n) is 2.98. The smallest absolute Gasteiger partial charge is 0.294 e. The molecule has 0 atom stereocenters. The van der Waals surface area contributed by atoms with Crippen LogP contribution in [0, 0.1) is 0 Å². The molecule has 0 amide bonds. The van der Waals surface area contributed by atoms with Gasteiger partial charge in [-0.25, -0.2) is 0 Å². The lowest BCUT2D eigenvalue weighted by Gasteiger charge is -2.02. The van der Waals surface area contributed by atoms with Gasteiger partial charge in [-0.05, 0) is 6.07 Å². The van der Waals surface area contributed by atoms with Crippen molar-refractivity contribution in [2.75, 3.05) is 0 Å². The molecule has 1 N–H and O–H groups in total. The van der Waals surface area contributed by atoms with Crippen molar-refractivity contribution in [2.24, 2.45) is 0 Å². The Hall–Kier alpha value is -3.09. The Bertz CT molecular complexity index is 928. The molecule has 0 bridgehead atoms. The molecule has 0 aliphatic carbocycles. The van der Waals surface area contributed by atoms with Crippen LogP contribution in [0.4, 0.5) is 0 Å². The molecule has 104 valence electrons. The maximum absolute atomic E-state index is 12.2. The first kappa shape index (κ1) is 12.9. The molecule has 3 aromatic rings. The first-order chi connectivity index (χ1) is 10.1. The van der Waals surface area contributed by atoms with Crippen molar-refractivity contribution in [1.82, 2.24) is 19.8 Å². The maximum atomic E-state index is 12.2. The summed E-state index contributed by atoms with van der Waals surface area (Å²) in [4.78, 5) is 35.5. The van der Waals surface area contributed by atoms with Crippen molar-refractivity contribution in [3.8, 4) is 0 Å². The summed E-state index contributed by atoms with van der Waals surface area (Å²) in [7, 11) is 0. The fourth-order valence-electron chi connectivity index (χ4n) is 1.93. The summed E-state index contributed by atoms with van der Waals surface area (Å²) in [5.41, 5.74) is -0.288. The van der Waals surface area contributed by atoms with Gasteiger partial charge >= 0.3 is 0 Å². The highest BCUT2D eigenvalue weighted by molar-refractivity contribution is 5.97. The Morgan fingerprint density at radius 2 is 1.81 bits per heavy atom. The molecule has 2 aromatic heterocycles. The molecular formula is C14H10N4O3. The average molecular weight is 282 g/mol. The van der Waals surface area contributed by atoms with Crippen LogP contribution >= 0.6 is 0 Å². The van der Waals surface area contributed by atoms with E-state index in [2.05, 4.69) is 15.3 Å². The summed E-state index contributed by atoms with van der Waals surface area (Å²) < 4.78 is 0.989. The maximum Gasteiger partial charge on any atom is 0.295 e. The predicted molar refractivity (Wildman–Crippen MR) is 74.4 cm³/mol. The van der Waals surface area contributed by atoms with E-state index in [-0.39, 0.29) is 23.5 Å². The second-order valence-electron chi connectivity index (χ2n) is 4.42. The number of H-pyrrole nitrogens is 1. The molecule has 2 heterocycles. The van der Waals surface area contributed by atoms with E-state index in [1.54, 1.807) is 30.3 Å². The Morgan fingerprint density at radius 1 is 1.05 bits per heavy atom. The second-order valence-corrected chi connectivity index (χ2v) is 4.42. The molecular weight excluding hydrogens is 272 g/mol. The molecule has 0 spiro atoms. The standard InChI is InChI=1S/C14H10N4O3/c19-11(9-4-2-1-3-5-9)8-10-14(21)18-12(16-15-10)6-7-13(20)17-18/h1-7H,8H2,(H,17,20). The number of hydrogen-bond donors (Lipinski definition) is 1. The number of nitrogens with one attached hydrogen (secondary N) is 1. The van der Waals surface area contributed by atoms with Crippen LogP contribution < -0.4 is 11.1 Å². The van der Waals surface area contributed by atoms with Crippen LogP contribution in [0.25, 0.3) is 5.65 Å². The topological polar surface area (TPSA) is 97.2 Å². The normalized spacial score (nSPS) is 10.7. The fraction of sp³-hybridized carbons (Fsp3) is 0.0714. The number of aromatic amines is 1. The van der Waals surface area contributed by atoms with E-state index in [4.69, 9.17) is 0 Å². The summed E-state index contributed by atoms with van der Waals surface area (Å²) in [6.07, 6.45) is -0.171. The minimum Gasteiger partial charge on any atom is -0.294 e. The van der Waals surface area contributed by atoms with E-state index >= 15 is 0 Å². The minimum absolute atomic E-state index is 0.0109. The molecule has 3 rings (SSSR count). The van der Waals surface area contributed by atoms with Crippen LogP contribution in [-0.4, -0.2) is 25.6 Å². The van der Waals surface area contributed by atoms with Gasteiger partial charge < -0.3 is 0 Å². The van der Waals surface area contributed by atoms with Gasteiger partial charge in [-0.3, -0.25) is 19.5 Å². The Morgan fingerprint density at radius 3 is 2.57 bits per heavy atom. The number of carbonyl (C=O) groups is 1. The van der Waals surface area contributed by atoms with Gasteiger partial charge in [-0.15, -0.1) is 10.2 Å². The van der Waals surface area contributed by atoms with Crippen LogP contribution in [0.3, 0.4) is 0 Å². The molecule has 0 saturated carbocycles.